The normalized spacial score (nSPS) is 30.3. The second-order valence-corrected chi connectivity index (χ2v) is 4.40. The quantitative estimate of drug-likeness (QED) is 0.801. The van der Waals surface area contributed by atoms with Gasteiger partial charge in [0.15, 0.2) is 0 Å². The van der Waals surface area contributed by atoms with Gasteiger partial charge in [-0.2, -0.15) is 0 Å². The van der Waals surface area contributed by atoms with Crippen LogP contribution >= 0.6 is 0 Å². The number of aliphatic hydroxyl groups is 1. The smallest absolute Gasteiger partial charge is 0.145 e. The Balaban J connectivity index is 2.33. The van der Waals surface area contributed by atoms with E-state index < -0.39 is 11.8 Å². The molecule has 1 aromatic carbocycles. The minimum Gasteiger partial charge on any atom is -0.382 e. The minimum atomic E-state index is -1.31. The maximum absolute atomic E-state index is 13.8. The molecule has 0 saturated carbocycles. The van der Waals surface area contributed by atoms with Crippen molar-refractivity contribution in [2.45, 2.75) is 31.5 Å². The van der Waals surface area contributed by atoms with Gasteiger partial charge in [0.05, 0.1) is 0 Å². The lowest BCUT2D eigenvalue weighted by molar-refractivity contribution is -0.0608. The molecule has 2 N–H and O–H groups in total. The Morgan fingerprint density at radius 3 is 3.06 bits per heavy atom. The van der Waals surface area contributed by atoms with Crippen LogP contribution in [-0.2, 0) is 12.0 Å². The highest BCUT2D eigenvalue weighted by atomic mass is 19.1. The number of halogens is 1. The Morgan fingerprint density at radius 2 is 2.38 bits per heavy atom. The predicted octanol–water partition coefficient (Wildman–Crippen LogP) is 1.77. The van der Waals surface area contributed by atoms with E-state index in [9.17, 15) is 9.50 Å². The van der Waals surface area contributed by atoms with Crippen LogP contribution in [0.3, 0.4) is 0 Å². The predicted molar refractivity (Wildman–Crippen MR) is 62.1 cm³/mol. The van der Waals surface area contributed by atoms with Gasteiger partial charge in [-0.15, -0.1) is 0 Å². The van der Waals surface area contributed by atoms with Crippen molar-refractivity contribution in [2.75, 3.05) is 13.1 Å². The summed E-state index contributed by atoms with van der Waals surface area (Å²) in [4.78, 5) is 0. The second kappa shape index (κ2) is 4.52. The van der Waals surface area contributed by atoms with Crippen molar-refractivity contribution >= 4 is 0 Å². The van der Waals surface area contributed by atoms with E-state index in [0.717, 1.165) is 12.0 Å². The zero-order valence-corrected chi connectivity index (χ0v) is 9.54. The molecule has 1 aromatic rings. The third-order valence-corrected chi connectivity index (χ3v) is 3.36. The number of alkyl halides is 1. The van der Waals surface area contributed by atoms with Crippen LogP contribution in [0.2, 0.25) is 0 Å². The van der Waals surface area contributed by atoms with E-state index in [1.165, 1.54) is 0 Å². The third kappa shape index (κ3) is 1.97. The van der Waals surface area contributed by atoms with Crippen molar-refractivity contribution in [1.82, 2.24) is 5.32 Å². The van der Waals surface area contributed by atoms with Gasteiger partial charge >= 0.3 is 0 Å². The van der Waals surface area contributed by atoms with E-state index in [4.69, 9.17) is 0 Å². The SMILES string of the molecule is CCc1cccc(C2(O)CCNCC2F)c1. The van der Waals surface area contributed by atoms with Gasteiger partial charge in [-0.25, -0.2) is 4.39 Å². The molecule has 2 nitrogen and oxygen atoms in total. The highest BCUT2D eigenvalue weighted by Crippen LogP contribution is 2.33. The van der Waals surface area contributed by atoms with Gasteiger partial charge in [-0.3, -0.25) is 0 Å². The number of benzene rings is 1. The van der Waals surface area contributed by atoms with Crippen molar-refractivity contribution in [3.05, 3.63) is 35.4 Å². The number of piperidine rings is 1. The highest BCUT2D eigenvalue weighted by molar-refractivity contribution is 5.30. The van der Waals surface area contributed by atoms with Crippen LogP contribution in [0.25, 0.3) is 0 Å². The van der Waals surface area contributed by atoms with Crippen molar-refractivity contribution in [3.8, 4) is 0 Å². The molecule has 0 bridgehead atoms. The molecule has 88 valence electrons. The molecule has 1 heterocycles. The summed E-state index contributed by atoms with van der Waals surface area (Å²) in [6.45, 7) is 2.94. The molecule has 1 aliphatic rings. The average molecular weight is 223 g/mol. The van der Waals surface area contributed by atoms with Gasteiger partial charge in [-0.05, 0) is 30.5 Å². The van der Waals surface area contributed by atoms with Gasteiger partial charge < -0.3 is 10.4 Å². The molecule has 0 spiro atoms. The van der Waals surface area contributed by atoms with E-state index in [2.05, 4.69) is 12.2 Å². The topological polar surface area (TPSA) is 32.3 Å². The van der Waals surface area contributed by atoms with Crippen molar-refractivity contribution < 1.29 is 9.50 Å². The van der Waals surface area contributed by atoms with Crippen LogP contribution in [0.1, 0.15) is 24.5 Å². The van der Waals surface area contributed by atoms with Crippen molar-refractivity contribution in [1.29, 1.82) is 0 Å². The molecule has 0 aliphatic carbocycles. The first-order chi connectivity index (χ1) is 7.66. The van der Waals surface area contributed by atoms with E-state index in [-0.39, 0.29) is 6.54 Å². The Labute approximate surface area is 95.5 Å². The number of aryl methyl sites for hydroxylation is 1. The van der Waals surface area contributed by atoms with Gasteiger partial charge in [0, 0.05) is 6.54 Å². The molecule has 2 unspecified atom stereocenters. The molecule has 0 aromatic heterocycles. The fourth-order valence-corrected chi connectivity index (χ4v) is 2.22. The van der Waals surface area contributed by atoms with Crippen molar-refractivity contribution in [2.24, 2.45) is 0 Å². The fraction of sp³-hybridized carbons (Fsp3) is 0.538. The molecule has 16 heavy (non-hydrogen) atoms. The number of rotatable bonds is 2. The van der Waals surface area contributed by atoms with Crippen LogP contribution in [0.4, 0.5) is 4.39 Å². The zero-order chi connectivity index (χ0) is 11.6. The van der Waals surface area contributed by atoms with Crippen LogP contribution in [0.5, 0.6) is 0 Å². The number of hydrogen-bond acceptors (Lipinski definition) is 2. The van der Waals surface area contributed by atoms with Gasteiger partial charge in [-0.1, -0.05) is 31.2 Å². The molecule has 1 aliphatic heterocycles. The van der Waals surface area contributed by atoms with Crippen LogP contribution < -0.4 is 5.32 Å². The lowest BCUT2D eigenvalue weighted by Crippen LogP contribution is -2.49. The molecule has 2 rings (SSSR count). The molecular weight excluding hydrogens is 205 g/mol. The first-order valence-corrected chi connectivity index (χ1v) is 5.83. The van der Waals surface area contributed by atoms with Gasteiger partial charge in [0.1, 0.15) is 11.8 Å². The molecular formula is C13H18FNO. The molecule has 1 saturated heterocycles. The van der Waals surface area contributed by atoms with E-state index in [1.54, 1.807) is 0 Å². The zero-order valence-electron chi connectivity index (χ0n) is 9.54. The highest BCUT2D eigenvalue weighted by Gasteiger charge is 2.40. The molecule has 1 fully saturated rings. The van der Waals surface area contributed by atoms with Crippen LogP contribution in [0, 0.1) is 0 Å². The summed E-state index contributed by atoms with van der Waals surface area (Å²) < 4.78 is 13.8. The Kier molecular flexibility index (Phi) is 3.26. The molecule has 0 radical (unpaired) electrons. The first-order valence-electron chi connectivity index (χ1n) is 5.83. The summed E-state index contributed by atoms with van der Waals surface area (Å²) in [6.07, 6.45) is 0.105. The molecule has 0 amide bonds. The summed E-state index contributed by atoms with van der Waals surface area (Å²) in [7, 11) is 0. The third-order valence-electron chi connectivity index (χ3n) is 3.36. The summed E-state index contributed by atoms with van der Waals surface area (Å²) >= 11 is 0. The standard InChI is InChI=1S/C13H18FNO/c1-2-10-4-3-5-11(8-10)13(16)6-7-15-9-12(13)14/h3-5,8,12,15-16H,2,6-7,9H2,1H3. The van der Waals surface area contributed by atoms with Gasteiger partial charge in [0.2, 0.25) is 0 Å². The maximum Gasteiger partial charge on any atom is 0.145 e. The summed E-state index contributed by atoms with van der Waals surface area (Å²) in [5.41, 5.74) is 0.536. The second-order valence-electron chi connectivity index (χ2n) is 4.40. The lowest BCUT2D eigenvalue weighted by atomic mass is 9.83. The summed E-state index contributed by atoms with van der Waals surface area (Å²) in [5.74, 6) is 0. The van der Waals surface area contributed by atoms with E-state index in [1.807, 2.05) is 24.3 Å². The monoisotopic (exact) mass is 223 g/mol. The summed E-state index contributed by atoms with van der Waals surface area (Å²) in [6, 6.07) is 7.62. The van der Waals surface area contributed by atoms with Crippen molar-refractivity contribution in [3.63, 3.8) is 0 Å². The van der Waals surface area contributed by atoms with E-state index >= 15 is 0 Å². The molecule has 2 atom stereocenters. The number of nitrogens with one attached hydrogen (secondary N) is 1. The molecule has 3 heteroatoms. The Morgan fingerprint density at radius 1 is 1.56 bits per heavy atom. The minimum absolute atomic E-state index is 0.229. The lowest BCUT2D eigenvalue weighted by Gasteiger charge is -2.36. The maximum atomic E-state index is 13.8. The summed E-state index contributed by atoms with van der Waals surface area (Å²) in [5, 5.41) is 13.4. The number of hydrogen-bond donors (Lipinski definition) is 2. The largest absolute Gasteiger partial charge is 0.382 e. The van der Waals surface area contributed by atoms with Crippen LogP contribution in [0.15, 0.2) is 24.3 Å². The van der Waals surface area contributed by atoms with E-state index in [0.29, 0.717) is 18.5 Å². The Bertz CT molecular complexity index is 369. The average Bonchev–Trinajstić information content (AvgIpc) is 2.33. The Hall–Kier alpha value is -0.930. The fourth-order valence-electron chi connectivity index (χ4n) is 2.22. The first kappa shape index (κ1) is 11.6. The van der Waals surface area contributed by atoms with Gasteiger partial charge in [0.25, 0.3) is 0 Å². The van der Waals surface area contributed by atoms with Crippen LogP contribution in [-0.4, -0.2) is 24.4 Å².